The number of amidine groups is 1. The van der Waals surface area contributed by atoms with Crippen molar-refractivity contribution in [2.45, 2.75) is 6.92 Å². The van der Waals surface area contributed by atoms with Gasteiger partial charge in [0.05, 0.1) is 37.8 Å². The molecule has 0 aliphatic carbocycles. The van der Waals surface area contributed by atoms with Gasteiger partial charge in [-0.2, -0.15) is 0 Å². The first-order valence-corrected chi connectivity index (χ1v) is 11.7. The van der Waals surface area contributed by atoms with E-state index in [-0.39, 0.29) is 18.4 Å². The number of aliphatic hydroxyl groups is 1. The highest BCUT2D eigenvalue weighted by atomic mass is 35.5. The standard InChI is InChI=1S/C14H18N4O3S2.C6H4ClF/c1-2-21-14(20)10-7-16-12(13-15-3-6-22-13)18-9-23-17(4-5-19)8-11(10)18;7-5-2-1-3-6(8)4-5/h3,6,19H,2,4-5,7-9H2,1H3;1-4H. The molecule has 11 heteroatoms. The van der Waals surface area contributed by atoms with Crippen molar-refractivity contribution in [2.75, 3.05) is 38.7 Å². The van der Waals surface area contributed by atoms with Crippen LogP contribution in [-0.2, 0) is 9.53 Å². The monoisotopic (exact) mass is 484 g/mol. The van der Waals surface area contributed by atoms with E-state index in [2.05, 4.69) is 14.3 Å². The van der Waals surface area contributed by atoms with Crippen LogP contribution in [0.1, 0.15) is 11.9 Å². The smallest absolute Gasteiger partial charge is 0.337 e. The molecule has 1 N–H and O–H groups in total. The fraction of sp³-hybridized carbons (Fsp3) is 0.350. The van der Waals surface area contributed by atoms with Gasteiger partial charge in [-0.05, 0) is 25.1 Å². The van der Waals surface area contributed by atoms with Crippen LogP contribution in [0.4, 0.5) is 4.39 Å². The minimum Gasteiger partial charge on any atom is -0.463 e. The molecule has 1 fully saturated rings. The number of ether oxygens (including phenoxy) is 1. The molecule has 0 bridgehead atoms. The Labute approximate surface area is 193 Å². The number of aliphatic imine (C=N–C) groups is 1. The van der Waals surface area contributed by atoms with Gasteiger partial charge in [0.15, 0.2) is 10.8 Å². The Morgan fingerprint density at radius 1 is 1.42 bits per heavy atom. The van der Waals surface area contributed by atoms with Crippen LogP contribution in [0.5, 0.6) is 0 Å². The van der Waals surface area contributed by atoms with Crippen molar-refractivity contribution in [3.63, 3.8) is 0 Å². The maximum atomic E-state index is 12.2. The number of aromatic nitrogens is 1. The summed E-state index contributed by atoms with van der Waals surface area (Å²) in [6.07, 6.45) is 1.75. The normalized spacial score (nSPS) is 16.3. The summed E-state index contributed by atoms with van der Waals surface area (Å²) < 4.78 is 19.3. The molecule has 0 saturated carbocycles. The zero-order valence-corrected chi connectivity index (χ0v) is 19.2. The SMILES string of the molecule is CCOC(=O)C1=C2CN(CCO)SCN2C(c2nccs2)=NC1.Fc1cccc(Cl)c1. The van der Waals surface area contributed by atoms with E-state index in [4.69, 9.17) is 21.4 Å². The molecule has 3 heterocycles. The second kappa shape index (κ2) is 11.6. The lowest BCUT2D eigenvalue weighted by molar-refractivity contribution is -0.138. The molecule has 2 aromatic rings. The van der Waals surface area contributed by atoms with Gasteiger partial charge in [0.1, 0.15) is 5.82 Å². The molecule has 2 aliphatic heterocycles. The zero-order chi connectivity index (χ0) is 22.2. The first-order valence-electron chi connectivity index (χ1n) is 9.54. The van der Waals surface area contributed by atoms with Gasteiger partial charge in [-0.3, -0.25) is 4.99 Å². The van der Waals surface area contributed by atoms with Crippen LogP contribution in [0.15, 0.2) is 52.1 Å². The first-order chi connectivity index (χ1) is 15.0. The van der Waals surface area contributed by atoms with Crippen LogP contribution in [-0.4, -0.2) is 69.8 Å². The van der Waals surface area contributed by atoms with Crippen molar-refractivity contribution in [1.82, 2.24) is 14.2 Å². The zero-order valence-electron chi connectivity index (χ0n) is 16.8. The molecular weight excluding hydrogens is 463 g/mol. The fourth-order valence-corrected chi connectivity index (χ4v) is 4.74. The topological polar surface area (TPSA) is 78.3 Å². The molecule has 1 aromatic heterocycles. The lowest BCUT2D eigenvalue weighted by Gasteiger charge is -2.39. The Bertz CT molecular complexity index is 938. The Morgan fingerprint density at radius 3 is 2.87 bits per heavy atom. The predicted molar refractivity (Wildman–Crippen MR) is 122 cm³/mol. The number of benzene rings is 1. The summed E-state index contributed by atoms with van der Waals surface area (Å²) in [6, 6.07) is 5.82. The summed E-state index contributed by atoms with van der Waals surface area (Å²) in [6.45, 7) is 3.65. The van der Waals surface area contributed by atoms with Gasteiger partial charge in [0.2, 0.25) is 0 Å². The second-order valence-electron chi connectivity index (χ2n) is 6.34. The van der Waals surface area contributed by atoms with E-state index < -0.39 is 0 Å². The largest absolute Gasteiger partial charge is 0.463 e. The van der Waals surface area contributed by atoms with Gasteiger partial charge in [-0.25, -0.2) is 18.5 Å². The number of carbonyl (C=O) groups is 1. The van der Waals surface area contributed by atoms with Gasteiger partial charge in [0.25, 0.3) is 0 Å². The van der Waals surface area contributed by atoms with Crippen molar-refractivity contribution < 1.29 is 19.0 Å². The summed E-state index contributed by atoms with van der Waals surface area (Å²) in [5.74, 6) is 0.832. The van der Waals surface area contributed by atoms with Crippen LogP contribution >= 0.6 is 34.9 Å². The van der Waals surface area contributed by atoms with Crippen LogP contribution in [0.3, 0.4) is 0 Å². The lowest BCUT2D eigenvalue weighted by atomic mass is 10.1. The first kappa shape index (κ1) is 23.7. The molecule has 7 nitrogen and oxygen atoms in total. The van der Waals surface area contributed by atoms with Crippen LogP contribution < -0.4 is 0 Å². The van der Waals surface area contributed by atoms with E-state index in [0.29, 0.717) is 42.7 Å². The van der Waals surface area contributed by atoms with E-state index in [0.717, 1.165) is 16.5 Å². The molecular formula is C20H22ClFN4O3S2. The summed E-state index contributed by atoms with van der Waals surface area (Å²) >= 11 is 8.55. The molecule has 0 atom stereocenters. The molecule has 0 amide bonds. The average Bonchev–Trinajstić information content (AvgIpc) is 3.28. The summed E-state index contributed by atoms with van der Waals surface area (Å²) in [5.41, 5.74) is 1.49. The van der Waals surface area contributed by atoms with E-state index in [1.807, 2.05) is 10.3 Å². The van der Waals surface area contributed by atoms with Gasteiger partial charge < -0.3 is 14.7 Å². The summed E-state index contributed by atoms with van der Waals surface area (Å²) in [5, 5.41) is 12.4. The number of thiazole rings is 1. The summed E-state index contributed by atoms with van der Waals surface area (Å²) in [4.78, 5) is 23.2. The number of esters is 1. The Balaban J connectivity index is 0.000000287. The molecule has 0 radical (unpaired) electrons. The quantitative estimate of drug-likeness (QED) is 0.514. The van der Waals surface area contributed by atoms with Gasteiger partial charge in [-0.1, -0.05) is 29.6 Å². The average molecular weight is 485 g/mol. The summed E-state index contributed by atoms with van der Waals surface area (Å²) in [7, 11) is 0. The fourth-order valence-electron chi connectivity index (χ4n) is 2.93. The molecule has 1 saturated heterocycles. The molecule has 0 unspecified atom stereocenters. The third-order valence-electron chi connectivity index (χ3n) is 4.29. The molecule has 31 heavy (non-hydrogen) atoms. The van der Waals surface area contributed by atoms with Crippen molar-refractivity contribution in [3.8, 4) is 0 Å². The predicted octanol–water partition coefficient (Wildman–Crippen LogP) is 3.42. The third kappa shape index (κ3) is 6.27. The Morgan fingerprint density at radius 2 is 2.26 bits per heavy atom. The van der Waals surface area contributed by atoms with E-state index in [9.17, 15) is 9.18 Å². The van der Waals surface area contributed by atoms with Crippen LogP contribution in [0, 0.1) is 5.82 Å². The number of aliphatic hydroxyl groups excluding tert-OH is 1. The number of carbonyl (C=O) groups excluding carboxylic acids is 1. The number of fused-ring (bicyclic) bond motifs is 1. The minimum atomic E-state index is -0.315. The molecule has 2 aliphatic rings. The van der Waals surface area contributed by atoms with Gasteiger partial charge in [0, 0.05) is 28.8 Å². The Hall–Kier alpha value is -1.98. The number of hydrogen-bond donors (Lipinski definition) is 1. The second-order valence-corrected chi connectivity index (χ2v) is 8.70. The number of β-amino-alcohol motifs (C(OH)–C–C–N with tert-alkyl or cyclic N) is 1. The van der Waals surface area contributed by atoms with Crippen LogP contribution in [0.2, 0.25) is 5.02 Å². The molecule has 1 aromatic carbocycles. The number of nitrogens with zero attached hydrogens (tertiary/aromatic N) is 4. The van der Waals surface area contributed by atoms with Gasteiger partial charge in [-0.15, -0.1) is 11.3 Å². The van der Waals surface area contributed by atoms with E-state index >= 15 is 0 Å². The highest BCUT2D eigenvalue weighted by Crippen LogP contribution is 2.31. The molecule has 4 rings (SSSR count). The maximum Gasteiger partial charge on any atom is 0.337 e. The van der Waals surface area contributed by atoms with E-state index in [1.54, 1.807) is 37.2 Å². The van der Waals surface area contributed by atoms with Gasteiger partial charge >= 0.3 is 5.97 Å². The highest BCUT2D eigenvalue weighted by molar-refractivity contribution is 7.97. The Kier molecular flexibility index (Phi) is 8.85. The van der Waals surface area contributed by atoms with Crippen molar-refractivity contribution >= 4 is 46.7 Å². The number of hydrogen-bond acceptors (Lipinski definition) is 9. The van der Waals surface area contributed by atoms with Crippen molar-refractivity contribution in [3.05, 3.63) is 63.0 Å². The number of halogens is 2. The van der Waals surface area contributed by atoms with Crippen molar-refractivity contribution in [2.24, 2.45) is 4.99 Å². The maximum absolute atomic E-state index is 12.2. The lowest BCUT2D eigenvalue weighted by Crippen LogP contribution is -2.45. The third-order valence-corrected chi connectivity index (χ3v) is 6.35. The highest BCUT2D eigenvalue weighted by Gasteiger charge is 2.34. The van der Waals surface area contributed by atoms with Crippen molar-refractivity contribution in [1.29, 1.82) is 0 Å². The van der Waals surface area contributed by atoms with Crippen LogP contribution in [0.25, 0.3) is 0 Å². The number of rotatable bonds is 5. The molecule has 166 valence electrons. The molecule has 0 spiro atoms. The van der Waals surface area contributed by atoms with E-state index in [1.165, 1.54) is 23.5 Å². The minimum absolute atomic E-state index is 0.0858.